The van der Waals surface area contributed by atoms with Gasteiger partial charge >= 0.3 is 6.01 Å². The van der Waals surface area contributed by atoms with Crippen molar-refractivity contribution in [1.82, 2.24) is 9.97 Å². The molecular weight excluding hydrogens is 420 g/mol. The number of nitrogens with zero attached hydrogens (tertiary/aromatic N) is 2. The van der Waals surface area contributed by atoms with Crippen LogP contribution < -0.4 is 9.47 Å². The van der Waals surface area contributed by atoms with E-state index in [1.54, 1.807) is 6.20 Å². The molecule has 25 heavy (non-hydrogen) atoms. The monoisotopic (exact) mass is 450 g/mol. The topological polar surface area (TPSA) is 62.7 Å². The van der Waals surface area contributed by atoms with E-state index in [4.69, 9.17) is 18.9 Å². The first kappa shape index (κ1) is 22.6. The Bertz CT molecular complexity index is 522. The fourth-order valence-electron chi connectivity index (χ4n) is 1.57. The molecule has 0 saturated carbocycles. The molecule has 0 aliphatic rings. The van der Waals surface area contributed by atoms with Crippen LogP contribution in [0.5, 0.6) is 11.9 Å². The predicted molar refractivity (Wildman–Crippen MR) is 109 cm³/mol. The molecule has 0 aliphatic carbocycles. The number of halogens is 1. The third kappa shape index (κ3) is 11.7. The molecule has 1 heterocycles. The van der Waals surface area contributed by atoms with Crippen molar-refractivity contribution in [2.24, 2.45) is 0 Å². The number of hydrogen-bond donors (Lipinski definition) is 0. The largest absolute Gasteiger partial charge is 0.449 e. The van der Waals surface area contributed by atoms with Crippen LogP contribution >= 0.6 is 15.9 Å². The Labute approximate surface area is 161 Å². The van der Waals surface area contributed by atoms with Crippen LogP contribution in [0, 0.1) is 0 Å². The average molecular weight is 452 g/mol. The number of ether oxygens (including phenoxy) is 4. The highest BCUT2D eigenvalue weighted by molar-refractivity contribution is 9.10. The van der Waals surface area contributed by atoms with Gasteiger partial charge in [0.2, 0.25) is 5.88 Å². The summed E-state index contributed by atoms with van der Waals surface area (Å²) in [7, 11) is -2.17. The summed E-state index contributed by atoms with van der Waals surface area (Å²) in [6.45, 7) is 15.6. The second-order valence-corrected chi connectivity index (χ2v) is 20.4. The molecule has 0 amide bonds. The molecule has 0 unspecified atom stereocenters. The lowest BCUT2D eigenvalue weighted by Crippen LogP contribution is -2.22. The van der Waals surface area contributed by atoms with Crippen LogP contribution in [-0.2, 0) is 9.47 Å². The summed E-state index contributed by atoms with van der Waals surface area (Å²) in [5, 5.41) is 0. The zero-order valence-electron chi connectivity index (χ0n) is 16.2. The normalized spacial score (nSPS) is 12.3. The van der Waals surface area contributed by atoms with Crippen molar-refractivity contribution in [3.05, 3.63) is 10.7 Å². The molecule has 0 fully saturated rings. The molecule has 0 N–H and O–H groups in total. The van der Waals surface area contributed by atoms with E-state index < -0.39 is 16.1 Å². The van der Waals surface area contributed by atoms with Crippen molar-refractivity contribution >= 4 is 32.1 Å². The summed E-state index contributed by atoms with van der Waals surface area (Å²) in [4.78, 5) is 8.32. The SMILES string of the molecule is C[Si](C)(C)CCOCOc1ncc(Br)c(OCOCC[Si](C)(C)C)n1. The molecule has 0 aromatic carbocycles. The number of hydrogen-bond acceptors (Lipinski definition) is 6. The maximum atomic E-state index is 5.54. The fraction of sp³-hybridized carbons (Fsp3) is 0.750. The molecule has 0 spiro atoms. The zero-order chi connectivity index (χ0) is 18.9. The summed E-state index contributed by atoms with van der Waals surface area (Å²) in [5.74, 6) is 0.403. The van der Waals surface area contributed by atoms with E-state index in [9.17, 15) is 0 Å². The van der Waals surface area contributed by atoms with Gasteiger partial charge in [-0.3, -0.25) is 0 Å². The fourth-order valence-corrected chi connectivity index (χ4v) is 3.39. The van der Waals surface area contributed by atoms with E-state index in [-0.39, 0.29) is 19.6 Å². The van der Waals surface area contributed by atoms with Crippen LogP contribution in [0.15, 0.2) is 10.7 Å². The summed E-state index contributed by atoms with van der Waals surface area (Å²) in [6, 6.07) is 2.43. The van der Waals surface area contributed by atoms with Crippen molar-refractivity contribution in [2.75, 3.05) is 26.8 Å². The van der Waals surface area contributed by atoms with Gasteiger partial charge in [0.1, 0.15) is 0 Å². The lowest BCUT2D eigenvalue weighted by atomic mass is 10.6. The molecule has 0 atom stereocenters. The summed E-state index contributed by atoms with van der Waals surface area (Å²) in [5.41, 5.74) is 0. The van der Waals surface area contributed by atoms with Crippen LogP contribution in [0.2, 0.25) is 51.4 Å². The third-order valence-electron chi connectivity index (χ3n) is 3.23. The van der Waals surface area contributed by atoms with Gasteiger partial charge in [0.25, 0.3) is 0 Å². The van der Waals surface area contributed by atoms with Gasteiger partial charge in [-0.2, -0.15) is 4.98 Å². The van der Waals surface area contributed by atoms with Gasteiger partial charge < -0.3 is 18.9 Å². The number of rotatable bonds is 12. The van der Waals surface area contributed by atoms with Crippen LogP contribution in [-0.4, -0.2) is 52.9 Å². The van der Waals surface area contributed by atoms with Crippen LogP contribution in [0.1, 0.15) is 0 Å². The van der Waals surface area contributed by atoms with Crippen molar-refractivity contribution in [2.45, 2.75) is 51.4 Å². The van der Waals surface area contributed by atoms with E-state index in [1.165, 1.54) is 0 Å². The first-order valence-electron chi connectivity index (χ1n) is 8.50. The van der Waals surface area contributed by atoms with Gasteiger partial charge in [-0.25, -0.2) is 4.98 Å². The average Bonchev–Trinajstić information content (AvgIpc) is 2.47. The first-order valence-corrected chi connectivity index (χ1v) is 16.7. The van der Waals surface area contributed by atoms with Crippen molar-refractivity contribution in [1.29, 1.82) is 0 Å². The summed E-state index contributed by atoms with van der Waals surface area (Å²) < 4.78 is 22.6. The number of aromatic nitrogens is 2. The minimum absolute atomic E-state index is 0.137. The molecule has 144 valence electrons. The quantitative estimate of drug-likeness (QED) is 0.263. The van der Waals surface area contributed by atoms with Gasteiger partial charge in [-0.05, 0) is 28.0 Å². The molecule has 0 saturated heterocycles. The highest BCUT2D eigenvalue weighted by atomic mass is 79.9. The minimum Gasteiger partial charge on any atom is -0.449 e. The van der Waals surface area contributed by atoms with E-state index in [0.717, 1.165) is 12.1 Å². The maximum absolute atomic E-state index is 5.54. The molecule has 6 nitrogen and oxygen atoms in total. The van der Waals surface area contributed by atoms with Crippen LogP contribution in [0.25, 0.3) is 0 Å². The standard InChI is InChI=1S/C16H31BrN2O4Si2/c1-24(2,3)9-7-20-12-22-15-14(17)11-18-16(19-15)23-13-21-8-10-25(4,5)6/h11H,7-10,12-13H2,1-6H3. The van der Waals surface area contributed by atoms with Crippen LogP contribution in [0.4, 0.5) is 0 Å². The Morgan fingerprint density at radius 3 is 1.92 bits per heavy atom. The van der Waals surface area contributed by atoms with Crippen LogP contribution in [0.3, 0.4) is 0 Å². The van der Waals surface area contributed by atoms with Gasteiger partial charge in [-0.1, -0.05) is 39.3 Å². The van der Waals surface area contributed by atoms with E-state index in [0.29, 0.717) is 23.6 Å². The molecule has 1 aromatic heterocycles. The second-order valence-electron chi connectivity index (χ2n) is 8.27. The zero-order valence-corrected chi connectivity index (χ0v) is 19.8. The van der Waals surface area contributed by atoms with E-state index in [1.807, 2.05) is 0 Å². The molecule has 0 bridgehead atoms. The molecule has 0 aliphatic heterocycles. The highest BCUT2D eigenvalue weighted by Gasteiger charge is 2.13. The Morgan fingerprint density at radius 2 is 1.40 bits per heavy atom. The summed E-state index contributed by atoms with van der Waals surface area (Å²) >= 11 is 3.37. The lowest BCUT2D eigenvalue weighted by molar-refractivity contribution is 0.00987. The predicted octanol–water partition coefficient (Wildman–Crippen LogP) is 4.62. The smallest absolute Gasteiger partial charge is 0.321 e. The minimum atomic E-state index is -1.09. The van der Waals surface area contributed by atoms with Crippen molar-refractivity contribution in [3.8, 4) is 11.9 Å². The first-order chi connectivity index (χ1) is 11.6. The molecular formula is C16H31BrN2O4Si2. The molecule has 1 aromatic rings. The van der Waals surface area contributed by atoms with Gasteiger partial charge in [0, 0.05) is 29.4 Å². The van der Waals surface area contributed by atoms with Gasteiger partial charge in [0.15, 0.2) is 13.6 Å². The molecule has 0 radical (unpaired) electrons. The van der Waals surface area contributed by atoms with Crippen molar-refractivity contribution < 1.29 is 18.9 Å². The Kier molecular flexibility index (Phi) is 9.57. The van der Waals surface area contributed by atoms with Gasteiger partial charge in [-0.15, -0.1) is 0 Å². The summed E-state index contributed by atoms with van der Waals surface area (Å²) in [6.07, 6.45) is 1.60. The van der Waals surface area contributed by atoms with E-state index in [2.05, 4.69) is 65.2 Å². The lowest BCUT2D eigenvalue weighted by Gasteiger charge is -2.16. The van der Waals surface area contributed by atoms with Crippen molar-refractivity contribution in [3.63, 3.8) is 0 Å². The van der Waals surface area contributed by atoms with E-state index >= 15 is 0 Å². The highest BCUT2D eigenvalue weighted by Crippen LogP contribution is 2.23. The Balaban J connectivity index is 2.33. The third-order valence-corrected chi connectivity index (χ3v) is 7.19. The maximum Gasteiger partial charge on any atom is 0.321 e. The second kappa shape index (κ2) is 10.6. The Hall–Kier alpha value is -0.486. The molecule has 1 rings (SSSR count). The van der Waals surface area contributed by atoms with Gasteiger partial charge in [0.05, 0.1) is 10.7 Å². The Morgan fingerprint density at radius 1 is 0.880 bits per heavy atom. The molecule has 9 heteroatoms.